The molecular weight excluding hydrogens is 261 g/mol. The Balaban J connectivity index is 2.44. The summed E-state index contributed by atoms with van der Waals surface area (Å²) in [5.41, 5.74) is 0.00856. The maximum absolute atomic E-state index is 13.3. The molecule has 0 radical (unpaired) electrons. The molecule has 0 aliphatic heterocycles. The maximum atomic E-state index is 13.3. The molecule has 0 aromatic heterocycles. The molecule has 0 spiro atoms. The Bertz CT molecular complexity index is 454. The van der Waals surface area contributed by atoms with Crippen LogP contribution >= 0.6 is 11.6 Å². The second-order valence-electron chi connectivity index (χ2n) is 3.45. The first kappa shape index (κ1) is 14.4. The number of anilines is 1. The van der Waals surface area contributed by atoms with Crippen LogP contribution in [0.25, 0.3) is 0 Å². The number of hydrogen-bond donors (Lipinski definition) is 3. The Morgan fingerprint density at radius 1 is 1.28 bits per heavy atom. The molecule has 0 bridgehead atoms. The summed E-state index contributed by atoms with van der Waals surface area (Å²) in [6, 6.07) is 3.86. The smallest absolute Gasteiger partial charge is 0.238 e. The van der Waals surface area contributed by atoms with Crippen LogP contribution in [0.2, 0.25) is 5.02 Å². The second-order valence-corrected chi connectivity index (χ2v) is 3.89. The molecule has 0 heterocycles. The highest BCUT2D eigenvalue weighted by Gasteiger charge is 2.07. The highest BCUT2D eigenvalue weighted by Crippen LogP contribution is 2.19. The molecule has 3 N–H and O–H groups in total. The fourth-order valence-corrected chi connectivity index (χ4v) is 1.34. The van der Waals surface area contributed by atoms with Gasteiger partial charge in [-0.25, -0.2) is 4.39 Å². The SMILES string of the molecule is CNC(=O)CNCC(=O)Nc1cc(Cl)ccc1F. The summed E-state index contributed by atoms with van der Waals surface area (Å²) in [6.07, 6.45) is 0. The van der Waals surface area contributed by atoms with Gasteiger partial charge in [-0.3, -0.25) is 14.9 Å². The van der Waals surface area contributed by atoms with Gasteiger partial charge >= 0.3 is 0 Å². The minimum atomic E-state index is -0.570. The Morgan fingerprint density at radius 2 is 1.94 bits per heavy atom. The normalized spacial score (nSPS) is 9.94. The van der Waals surface area contributed by atoms with Crippen molar-refractivity contribution in [3.63, 3.8) is 0 Å². The van der Waals surface area contributed by atoms with Crippen LogP contribution in [0.3, 0.4) is 0 Å². The van der Waals surface area contributed by atoms with Gasteiger partial charge in [0, 0.05) is 12.1 Å². The number of nitrogens with one attached hydrogen (secondary N) is 3. The molecule has 18 heavy (non-hydrogen) atoms. The Labute approximate surface area is 109 Å². The van der Waals surface area contributed by atoms with E-state index in [-0.39, 0.29) is 24.7 Å². The zero-order valence-electron chi connectivity index (χ0n) is 9.72. The molecule has 2 amide bonds. The monoisotopic (exact) mass is 273 g/mol. The van der Waals surface area contributed by atoms with E-state index in [4.69, 9.17) is 11.6 Å². The van der Waals surface area contributed by atoms with Crippen molar-refractivity contribution in [1.82, 2.24) is 10.6 Å². The molecule has 0 unspecified atom stereocenters. The van der Waals surface area contributed by atoms with E-state index < -0.39 is 11.7 Å². The molecule has 0 fully saturated rings. The van der Waals surface area contributed by atoms with Crippen LogP contribution in [0, 0.1) is 5.82 Å². The predicted octanol–water partition coefficient (Wildman–Crippen LogP) is 0.753. The van der Waals surface area contributed by atoms with Gasteiger partial charge in [-0.1, -0.05) is 11.6 Å². The highest BCUT2D eigenvalue weighted by molar-refractivity contribution is 6.30. The lowest BCUT2D eigenvalue weighted by Crippen LogP contribution is -2.36. The van der Waals surface area contributed by atoms with Crippen LogP contribution in [0.15, 0.2) is 18.2 Å². The quantitative estimate of drug-likeness (QED) is 0.742. The van der Waals surface area contributed by atoms with Crippen molar-refractivity contribution in [2.24, 2.45) is 0 Å². The second kappa shape index (κ2) is 6.93. The maximum Gasteiger partial charge on any atom is 0.238 e. The van der Waals surface area contributed by atoms with Gasteiger partial charge in [0.05, 0.1) is 18.8 Å². The molecule has 7 heteroatoms. The molecule has 0 aliphatic rings. The van der Waals surface area contributed by atoms with Crippen LogP contribution in [0.1, 0.15) is 0 Å². The minimum absolute atomic E-state index is 0.00856. The summed E-state index contributed by atoms with van der Waals surface area (Å²) in [7, 11) is 1.49. The van der Waals surface area contributed by atoms with Gasteiger partial charge in [0.15, 0.2) is 0 Å². The predicted molar refractivity (Wildman–Crippen MR) is 67.0 cm³/mol. The Morgan fingerprint density at radius 3 is 2.61 bits per heavy atom. The average molecular weight is 274 g/mol. The summed E-state index contributed by atoms with van der Waals surface area (Å²) in [4.78, 5) is 22.3. The fraction of sp³-hybridized carbons (Fsp3) is 0.273. The third-order valence-electron chi connectivity index (χ3n) is 2.05. The van der Waals surface area contributed by atoms with E-state index in [0.717, 1.165) is 6.07 Å². The van der Waals surface area contributed by atoms with Crippen LogP contribution in [-0.2, 0) is 9.59 Å². The molecule has 0 saturated carbocycles. The van der Waals surface area contributed by atoms with E-state index in [1.807, 2.05) is 0 Å². The minimum Gasteiger partial charge on any atom is -0.358 e. The Hall–Kier alpha value is -1.66. The van der Waals surface area contributed by atoms with Gasteiger partial charge in [-0.2, -0.15) is 0 Å². The van der Waals surface area contributed by atoms with Crippen molar-refractivity contribution in [2.45, 2.75) is 0 Å². The van der Waals surface area contributed by atoms with E-state index in [9.17, 15) is 14.0 Å². The van der Waals surface area contributed by atoms with Crippen molar-refractivity contribution in [3.05, 3.63) is 29.0 Å². The van der Waals surface area contributed by atoms with Crippen LogP contribution in [0.4, 0.5) is 10.1 Å². The fourth-order valence-electron chi connectivity index (χ4n) is 1.17. The molecule has 0 atom stereocenters. The zero-order valence-corrected chi connectivity index (χ0v) is 10.5. The average Bonchev–Trinajstić information content (AvgIpc) is 2.33. The van der Waals surface area contributed by atoms with E-state index >= 15 is 0 Å². The summed E-state index contributed by atoms with van der Waals surface area (Å²) < 4.78 is 13.3. The molecule has 0 aliphatic carbocycles. The lowest BCUT2D eigenvalue weighted by Gasteiger charge is -2.07. The largest absolute Gasteiger partial charge is 0.358 e. The summed E-state index contributed by atoms with van der Waals surface area (Å²) >= 11 is 5.68. The van der Waals surface area contributed by atoms with Crippen molar-refractivity contribution >= 4 is 29.1 Å². The van der Waals surface area contributed by atoms with Gasteiger partial charge < -0.3 is 10.6 Å². The van der Waals surface area contributed by atoms with Crippen molar-refractivity contribution in [1.29, 1.82) is 0 Å². The number of carbonyl (C=O) groups excluding carboxylic acids is 2. The van der Waals surface area contributed by atoms with Crippen molar-refractivity contribution in [3.8, 4) is 0 Å². The van der Waals surface area contributed by atoms with Gasteiger partial charge in [0.1, 0.15) is 5.82 Å². The number of amides is 2. The molecule has 1 aromatic rings. The first-order valence-corrected chi connectivity index (χ1v) is 5.57. The van der Waals surface area contributed by atoms with Gasteiger partial charge in [0.2, 0.25) is 11.8 Å². The standard InChI is InChI=1S/C11H13ClFN3O2/c1-14-10(17)5-15-6-11(18)16-9-4-7(12)2-3-8(9)13/h2-4,15H,5-6H2,1H3,(H,14,17)(H,16,18). The van der Waals surface area contributed by atoms with Crippen LogP contribution < -0.4 is 16.0 Å². The highest BCUT2D eigenvalue weighted by atomic mass is 35.5. The van der Waals surface area contributed by atoms with E-state index in [0.29, 0.717) is 5.02 Å². The summed E-state index contributed by atoms with van der Waals surface area (Å²) in [5.74, 6) is -1.27. The van der Waals surface area contributed by atoms with Gasteiger partial charge in [-0.15, -0.1) is 0 Å². The van der Waals surface area contributed by atoms with Crippen molar-refractivity contribution < 1.29 is 14.0 Å². The summed E-state index contributed by atoms with van der Waals surface area (Å²) in [5, 5.41) is 7.68. The van der Waals surface area contributed by atoms with Gasteiger partial charge in [0.25, 0.3) is 0 Å². The van der Waals surface area contributed by atoms with E-state index in [1.165, 1.54) is 19.2 Å². The molecule has 0 saturated heterocycles. The number of carbonyl (C=O) groups is 2. The van der Waals surface area contributed by atoms with E-state index in [2.05, 4.69) is 16.0 Å². The first-order valence-electron chi connectivity index (χ1n) is 5.19. The zero-order chi connectivity index (χ0) is 13.5. The summed E-state index contributed by atoms with van der Waals surface area (Å²) in [6.45, 7) is -0.0820. The lowest BCUT2D eigenvalue weighted by molar-refractivity contribution is -0.120. The number of hydrogen-bond acceptors (Lipinski definition) is 3. The molecule has 1 aromatic carbocycles. The third kappa shape index (κ3) is 4.68. The Kier molecular flexibility index (Phi) is 5.54. The third-order valence-corrected chi connectivity index (χ3v) is 2.29. The van der Waals surface area contributed by atoms with E-state index in [1.54, 1.807) is 0 Å². The molecule has 5 nitrogen and oxygen atoms in total. The molecule has 98 valence electrons. The van der Waals surface area contributed by atoms with Crippen LogP contribution in [0.5, 0.6) is 0 Å². The van der Waals surface area contributed by atoms with Gasteiger partial charge in [-0.05, 0) is 18.2 Å². The number of halogens is 2. The molecule has 1 rings (SSSR count). The van der Waals surface area contributed by atoms with Crippen molar-refractivity contribution in [2.75, 3.05) is 25.5 Å². The number of likely N-dealkylation sites (N-methyl/N-ethyl adjacent to an activating group) is 1. The lowest BCUT2D eigenvalue weighted by atomic mass is 10.3. The van der Waals surface area contributed by atoms with Crippen LogP contribution in [-0.4, -0.2) is 32.0 Å². The number of rotatable bonds is 5. The molecular formula is C11H13ClFN3O2. The number of benzene rings is 1. The first-order chi connectivity index (χ1) is 8.52. The topological polar surface area (TPSA) is 70.2 Å².